The molecule has 1 aliphatic rings. The number of nitrogens with one attached hydrogen (secondary N) is 1. The van der Waals surface area contributed by atoms with Crippen LogP contribution in [0.4, 0.5) is 0 Å². The third kappa shape index (κ3) is 3.41. The van der Waals surface area contributed by atoms with Gasteiger partial charge in [-0.15, -0.1) is 0 Å². The zero-order chi connectivity index (χ0) is 11.4. The third-order valence-corrected chi connectivity index (χ3v) is 4.59. The molecular formula is C13H18ClNS. The van der Waals surface area contributed by atoms with Crippen LogP contribution in [0.5, 0.6) is 0 Å². The molecule has 1 N–H and O–H groups in total. The van der Waals surface area contributed by atoms with Gasteiger partial charge in [-0.25, -0.2) is 0 Å². The summed E-state index contributed by atoms with van der Waals surface area (Å²) in [6.07, 6.45) is 1.37. The van der Waals surface area contributed by atoms with Gasteiger partial charge in [0.2, 0.25) is 0 Å². The predicted octanol–water partition coefficient (Wildman–Crippen LogP) is 3.74. The average Bonchev–Trinajstić information content (AvgIpc) is 2.80. The molecule has 1 aromatic carbocycles. The molecule has 3 heteroatoms. The van der Waals surface area contributed by atoms with E-state index in [9.17, 15) is 0 Å². The second-order valence-electron chi connectivity index (χ2n) is 4.41. The molecule has 2 rings (SSSR count). The van der Waals surface area contributed by atoms with Crippen LogP contribution < -0.4 is 5.32 Å². The fourth-order valence-electron chi connectivity index (χ4n) is 1.96. The minimum atomic E-state index is 0.419. The van der Waals surface area contributed by atoms with Crippen LogP contribution in [0.1, 0.15) is 24.9 Å². The highest BCUT2D eigenvalue weighted by molar-refractivity contribution is 7.99. The Labute approximate surface area is 107 Å². The zero-order valence-electron chi connectivity index (χ0n) is 9.58. The molecule has 2 unspecified atom stereocenters. The van der Waals surface area contributed by atoms with Gasteiger partial charge in [-0.1, -0.05) is 23.7 Å². The highest BCUT2D eigenvalue weighted by Gasteiger charge is 2.16. The molecule has 0 bridgehead atoms. The van der Waals surface area contributed by atoms with Gasteiger partial charge in [-0.2, -0.15) is 11.8 Å². The van der Waals surface area contributed by atoms with Gasteiger partial charge in [0, 0.05) is 11.1 Å². The Balaban J connectivity index is 1.82. The monoisotopic (exact) mass is 255 g/mol. The van der Waals surface area contributed by atoms with Crippen LogP contribution in [-0.2, 0) is 0 Å². The van der Waals surface area contributed by atoms with Crippen LogP contribution in [0, 0.1) is 5.92 Å². The quantitative estimate of drug-likeness (QED) is 0.880. The minimum Gasteiger partial charge on any atom is -0.310 e. The standard InChI is InChI=1S/C13H18ClNS/c1-10(12-2-4-13(14)5-3-12)15-8-11-6-7-16-9-11/h2-5,10-11,15H,6-9H2,1H3. The summed E-state index contributed by atoms with van der Waals surface area (Å²) in [5.41, 5.74) is 1.31. The lowest BCUT2D eigenvalue weighted by Crippen LogP contribution is -2.25. The van der Waals surface area contributed by atoms with E-state index in [4.69, 9.17) is 11.6 Å². The fourth-order valence-corrected chi connectivity index (χ4v) is 3.37. The first-order valence-electron chi connectivity index (χ1n) is 5.82. The first kappa shape index (κ1) is 12.3. The Morgan fingerprint density at radius 3 is 2.81 bits per heavy atom. The van der Waals surface area contributed by atoms with Crippen molar-refractivity contribution in [2.24, 2.45) is 5.92 Å². The van der Waals surface area contributed by atoms with E-state index in [0.29, 0.717) is 6.04 Å². The molecule has 1 fully saturated rings. The first-order chi connectivity index (χ1) is 7.75. The van der Waals surface area contributed by atoms with Crippen LogP contribution >= 0.6 is 23.4 Å². The Morgan fingerprint density at radius 1 is 1.44 bits per heavy atom. The predicted molar refractivity (Wildman–Crippen MR) is 73.3 cm³/mol. The molecule has 0 saturated carbocycles. The van der Waals surface area contributed by atoms with Crippen LogP contribution in [0.2, 0.25) is 5.02 Å². The molecule has 0 spiro atoms. The van der Waals surface area contributed by atoms with Crippen molar-refractivity contribution >= 4 is 23.4 Å². The lowest BCUT2D eigenvalue weighted by Gasteiger charge is -2.17. The molecule has 88 valence electrons. The van der Waals surface area contributed by atoms with Crippen molar-refractivity contribution in [2.45, 2.75) is 19.4 Å². The summed E-state index contributed by atoms with van der Waals surface area (Å²) in [6.45, 7) is 3.35. The van der Waals surface area contributed by atoms with E-state index >= 15 is 0 Å². The maximum absolute atomic E-state index is 5.87. The van der Waals surface area contributed by atoms with Crippen molar-refractivity contribution < 1.29 is 0 Å². The molecule has 1 aliphatic heterocycles. The van der Waals surface area contributed by atoms with E-state index in [2.05, 4.69) is 36.1 Å². The van der Waals surface area contributed by atoms with Gasteiger partial charge in [-0.3, -0.25) is 0 Å². The molecule has 1 nitrogen and oxygen atoms in total. The second-order valence-corrected chi connectivity index (χ2v) is 6.00. The Kier molecular flexibility index (Phi) is 4.56. The SMILES string of the molecule is CC(NCC1CCSC1)c1ccc(Cl)cc1. The number of hydrogen-bond acceptors (Lipinski definition) is 2. The van der Waals surface area contributed by atoms with Crippen LogP contribution in [-0.4, -0.2) is 18.1 Å². The number of thioether (sulfide) groups is 1. The smallest absolute Gasteiger partial charge is 0.0406 e. The van der Waals surface area contributed by atoms with Crippen LogP contribution in [0.3, 0.4) is 0 Å². The molecule has 0 aromatic heterocycles. The second kappa shape index (κ2) is 5.95. The summed E-state index contributed by atoms with van der Waals surface area (Å²) >= 11 is 7.95. The van der Waals surface area contributed by atoms with Crippen molar-refractivity contribution in [3.8, 4) is 0 Å². The molecule has 2 atom stereocenters. The van der Waals surface area contributed by atoms with E-state index in [-0.39, 0.29) is 0 Å². The summed E-state index contributed by atoms with van der Waals surface area (Å²) in [6, 6.07) is 8.54. The summed E-state index contributed by atoms with van der Waals surface area (Å²) in [4.78, 5) is 0. The molecule has 1 saturated heterocycles. The van der Waals surface area contributed by atoms with Crippen LogP contribution in [0.15, 0.2) is 24.3 Å². The molecule has 16 heavy (non-hydrogen) atoms. The van der Waals surface area contributed by atoms with Gasteiger partial charge in [0.25, 0.3) is 0 Å². The minimum absolute atomic E-state index is 0.419. The largest absolute Gasteiger partial charge is 0.310 e. The number of hydrogen-bond donors (Lipinski definition) is 1. The van der Waals surface area contributed by atoms with Crippen molar-refractivity contribution in [1.29, 1.82) is 0 Å². The molecule has 0 amide bonds. The van der Waals surface area contributed by atoms with Crippen molar-refractivity contribution in [3.63, 3.8) is 0 Å². The Bertz CT molecular complexity index is 319. The summed E-state index contributed by atoms with van der Waals surface area (Å²) < 4.78 is 0. The van der Waals surface area contributed by atoms with Crippen molar-refractivity contribution in [3.05, 3.63) is 34.9 Å². The average molecular weight is 256 g/mol. The summed E-state index contributed by atoms with van der Waals surface area (Å²) in [7, 11) is 0. The maximum atomic E-state index is 5.87. The van der Waals surface area contributed by atoms with Gasteiger partial charge in [0.15, 0.2) is 0 Å². The highest BCUT2D eigenvalue weighted by Crippen LogP contribution is 2.23. The van der Waals surface area contributed by atoms with E-state index in [1.807, 2.05) is 12.1 Å². The van der Waals surface area contributed by atoms with Crippen molar-refractivity contribution in [2.75, 3.05) is 18.1 Å². The lowest BCUT2D eigenvalue weighted by molar-refractivity contribution is 0.477. The Hall–Kier alpha value is -0.180. The van der Waals surface area contributed by atoms with Gasteiger partial charge in [0.05, 0.1) is 0 Å². The number of benzene rings is 1. The Morgan fingerprint density at radius 2 is 2.19 bits per heavy atom. The molecule has 1 heterocycles. The van der Waals surface area contributed by atoms with Gasteiger partial charge >= 0.3 is 0 Å². The maximum Gasteiger partial charge on any atom is 0.0406 e. The van der Waals surface area contributed by atoms with Gasteiger partial charge in [-0.05, 0) is 55.0 Å². The molecule has 0 radical (unpaired) electrons. The number of halogens is 1. The molecular weight excluding hydrogens is 238 g/mol. The summed E-state index contributed by atoms with van der Waals surface area (Å²) in [5, 5.41) is 4.41. The van der Waals surface area contributed by atoms with Crippen molar-refractivity contribution in [1.82, 2.24) is 5.32 Å². The van der Waals surface area contributed by atoms with Gasteiger partial charge < -0.3 is 5.32 Å². The zero-order valence-corrected chi connectivity index (χ0v) is 11.2. The summed E-state index contributed by atoms with van der Waals surface area (Å²) in [5.74, 6) is 3.52. The first-order valence-corrected chi connectivity index (χ1v) is 7.35. The lowest BCUT2D eigenvalue weighted by atomic mass is 10.1. The number of rotatable bonds is 4. The van der Waals surface area contributed by atoms with Gasteiger partial charge in [0.1, 0.15) is 0 Å². The molecule has 0 aliphatic carbocycles. The third-order valence-electron chi connectivity index (χ3n) is 3.11. The highest BCUT2D eigenvalue weighted by atomic mass is 35.5. The molecule has 1 aromatic rings. The van der Waals surface area contributed by atoms with Crippen LogP contribution in [0.25, 0.3) is 0 Å². The van der Waals surface area contributed by atoms with E-state index in [1.165, 1.54) is 23.5 Å². The fraction of sp³-hybridized carbons (Fsp3) is 0.538. The van der Waals surface area contributed by atoms with E-state index in [1.54, 1.807) is 0 Å². The van der Waals surface area contributed by atoms with E-state index < -0.39 is 0 Å². The van der Waals surface area contributed by atoms with E-state index in [0.717, 1.165) is 17.5 Å². The topological polar surface area (TPSA) is 12.0 Å². The normalized spacial score (nSPS) is 22.2.